The van der Waals surface area contributed by atoms with Gasteiger partial charge in [-0.25, -0.2) is 0 Å². The molecule has 0 aromatic rings. The minimum Gasteiger partial charge on any atom is -0.383 e. The molecular weight excluding hydrogens is 216 g/mol. The maximum Gasteiger partial charge on any atom is 0.223 e. The summed E-state index contributed by atoms with van der Waals surface area (Å²) in [6, 6.07) is 0.340. The number of nitrogens with two attached hydrogens (primary N) is 1. The van der Waals surface area contributed by atoms with Gasteiger partial charge in [0.2, 0.25) is 5.91 Å². The van der Waals surface area contributed by atoms with E-state index in [2.05, 4.69) is 5.32 Å². The quantitative estimate of drug-likeness (QED) is 0.718. The Morgan fingerprint density at radius 1 is 1.35 bits per heavy atom. The van der Waals surface area contributed by atoms with Gasteiger partial charge in [0.05, 0.1) is 6.61 Å². The highest BCUT2D eigenvalue weighted by Crippen LogP contribution is 2.41. The lowest BCUT2D eigenvalue weighted by Crippen LogP contribution is -2.49. The van der Waals surface area contributed by atoms with Gasteiger partial charge >= 0.3 is 0 Å². The number of hydrogen-bond donors (Lipinski definition) is 2. The Kier molecular flexibility index (Phi) is 4.40. The topological polar surface area (TPSA) is 64.3 Å². The van der Waals surface area contributed by atoms with Gasteiger partial charge in [-0.15, -0.1) is 0 Å². The monoisotopic (exact) mass is 240 g/mol. The Balaban J connectivity index is 1.84. The number of nitrogens with one attached hydrogen (secondary N) is 1. The fraction of sp³-hybridized carbons (Fsp3) is 0.923. The first kappa shape index (κ1) is 12.8. The number of carbonyl (C=O) groups is 1. The van der Waals surface area contributed by atoms with E-state index < -0.39 is 0 Å². The van der Waals surface area contributed by atoms with Crippen molar-refractivity contribution in [1.82, 2.24) is 5.32 Å². The molecule has 4 nitrogen and oxygen atoms in total. The summed E-state index contributed by atoms with van der Waals surface area (Å²) < 4.78 is 4.94. The molecule has 0 aromatic heterocycles. The number of amides is 1. The van der Waals surface area contributed by atoms with Crippen LogP contribution in [0.4, 0.5) is 0 Å². The fourth-order valence-corrected chi connectivity index (χ4v) is 3.42. The third-order valence-electron chi connectivity index (χ3n) is 4.39. The first-order valence-electron chi connectivity index (χ1n) is 6.74. The maximum atomic E-state index is 12.0. The first-order chi connectivity index (χ1) is 8.22. The van der Waals surface area contributed by atoms with E-state index in [-0.39, 0.29) is 11.8 Å². The smallest absolute Gasteiger partial charge is 0.223 e. The van der Waals surface area contributed by atoms with E-state index in [1.54, 1.807) is 7.11 Å². The summed E-state index contributed by atoms with van der Waals surface area (Å²) in [7, 11) is 1.65. The summed E-state index contributed by atoms with van der Waals surface area (Å²) in [6.07, 6.45) is 5.67. The zero-order chi connectivity index (χ0) is 12.3. The van der Waals surface area contributed by atoms with Crippen LogP contribution in [0.25, 0.3) is 0 Å². The zero-order valence-corrected chi connectivity index (χ0v) is 10.7. The van der Waals surface area contributed by atoms with Crippen LogP contribution in [0.2, 0.25) is 0 Å². The van der Waals surface area contributed by atoms with E-state index >= 15 is 0 Å². The average molecular weight is 240 g/mol. The summed E-state index contributed by atoms with van der Waals surface area (Å²) in [5.41, 5.74) is 6.22. The first-order valence-corrected chi connectivity index (χ1v) is 6.74. The maximum absolute atomic E-state index is 12.0. The van der Waals surface area contributed by atoms with E-state index in [9.17, 15) is 4.79 Å². The van der Waals surface area contributed by atoms with Gasteiger partial charge in [0, 0.05) is 25.6 Å². The molecule has 2 atom stereocenters. The Hall–Kier alpha value is -0.610. The van der Waals surface area contributed by atoms with Crippen LogP contribution >= 0.6 is 0 Å². The van der Waals surface area contributed by atoms with Crippen molar-refractivity contribution >= 4 is 5.91 Å². The third kappa shape index (κ3) is 2.99. The number of rotatable bonds is 4. The fourth-order valence-electron chi connectivity index (χ4n) is 3.42. The molecule has 1 amide bonds. The minimum absolute atomic E-state index is 0.182. The standard InChI is InChI=1S/C13H24N2O2/c1-17-6-5-15-13(16)11-7-9-3-2-4-10(8-11)12(9)14/h9-12H,2-8,14H2,1H3,(H,15,16). The molecular formula is C13H24N2O2. The van der Waals surface area contributed by atoms with E-state index in [4.69, 9.17) is 10.5 Å². The van der Waals surface area contributed by atoms with Gasteiger partial charge in [0.1, 0.15) is 0 Å². The molecule has 0 radical (unpaired) electrons. The van der Waals surface area contributed by atoms with Crippen molar-refractivity contribution in [2.75, 3.05) is 20.3 Å². The summed E-state index contributed by atoms with van der Waals surface area (Å²) in [4.78, 5) is 12.0. The summed E-state index contributed by atoms with van der Waals surface area (Å²) in [6.45, 7) is 1.21. The molecule has 2 unspecified atom stereocenters. The number of fused-ring (bicyclic) bond motifs is 2. The predicted molar refractivity (Wildman–Crippen MR) is 66.4 cm³/mol. The molecule has 4 heteroatoms. The lowest BCUT2D eigenvalue weighted by molar-refractivity contribution is -0.128. The van der Waals surface area contributed by atoms with Crippen molar-refractivity contribution in [3.8, 4) is 0 Å². The molecule has 0 saturated heterocycles. The second-order valence-corrected chi connectivity index (χ2v) is 5.48. The van der Waals surface area contributed by atoms with Crippen LogP contribution in [-0.4, -0.2) is 32.2 Å². The van der Waals surface area contributed by atoms with Crippen molar-refractivity contribution in [1.29, 1.82) is 0 Å². The molecule has 17 heavy (non-hydrogen) atoms. The molecule has 0 aromatic carbocycles. The van der Waals surface area contributed by atoms with Crippen molar-refractivity contribution in [2.45, 2.75) is 38.1 Å². The molecule has 2 saturated carbocycles. The lowest BCUT2D eigenvalue weighted by atomic mass is 9.65. The van der Waals surface area contributed by atoms with Crippen LogP contribution in [-0.2, 0) is 9.53 Å². The second kappa shape index (κ2) is 5.83. The highest BCUT2D eigenvalue weighted by molar-refractivity contribution is 5.78. The van der Waals surface area contributed by atoms with Crippen molar-refractivity contribution in [3.05, 3.63) is 0 Å². The normalized spacial score (nSPS) is 36.6. The summed E-state index contributed by atoms with van der Waals surface area (Å²) in [5.74, 6) is 1.52. The van der Waals surface area contributed by atoms with Crippen LogP contribution in [0.5, 0.6) is 0 Å². The lowest BCUT2D eigenvalue weighted by Gasteiger charge is -2.43. The number of carbonyl (C=O) groups excluding carboxylic acids is 1. The number of hydrogen-bond acceptors (Lipinski definition) is 3. The molecule has 2 aliphatic rings. The molecule has 2 aliphatic carbocycles. The molecule has 2 bridgehead atoms. The Morgan fingerprint density at radius 2 is 2.00 bits per heavy atom. The Labute approximate surface area is 103 Å². The largest absolute Gasteiger partial charge is 0.383 e. The molecule has 2 fully saturated rings. The van der Waals surface area contributed by atoms with Crippen molar-refractivity contribution < 1.29 is 9.53 Å². The van der Waals surface area contributed by atoms with Gasteiger partial charge in [-0.05, 0) is 37.5 Å². The average Bonchev–Trinajstić information content (AvgIpc) is 2.28. The summed E-state index contributed by atoms with van der Waals surface area (Å²) in [5, 5.41) is 2.95. The number of methoxy groups -OCH3 is 1. The zero-order valence-electron chi connectivity index (χ0n) is 10.7. The molecule has 98 valence electrons. The molecule has 0 aliphatic heterocycles. The van der Waals surface area contributed by atoms with Crippen LogP contribution in [0.1, 0.15) is 32.1 Å². The van der Waals surface area contributed by atoms with Gasteiger partial charge < -0.3 is 15.8 Å². The molecule has 2 rings (SSSR count). The predicted octanol–water partition coefficient (Wildman–Crippen LogP) is 0.903. The highest BCUT2D eigenvalue weighted by atomic mass is 16.5. The Bertz CT molecular complexity index is 256. The van der Waals surface area contributed by atoms with E-state index in [1.165, 1.54) is 19.3 Å². The minimum atomic E-state index is 0.182. The van der Waals surface area contributed by atoms with E-state index in [0.29, 0.717) is 31.0 Å². The van der Waals surface area contributed by atoms with Gasteiger partial charge in [0.25, 0.3) is 0 Å². The molecule has 3 N–H and O–H groups in total. The van der Waals surface area contributed by atoms with Crippen molar-refractivity contribution in [2.24, 2.45) is 23.5 Å². The molecule has 0 heterocycles. The van der Waals surface area contributed by atoms with Crippen LogP contribution in [0.3, 0.4) is 0 Å². The van der Waals surface area contributed by atoms with Gasteiger partial charge in [-0.2, -0.15) is 0 Å². The molecule has 0 spiro atoms. The van der Waals surface area contributed by atoms with E-state index in [1.807, 2.05) is 0 Å². The number of ether oxygens (including phenoxy) is 1. The summed E-state index contributed by atoms with van der Waals surface area (Å²) >= 11 is 0. The van der Waals surface area contributed by atoms with Gasteiger partial charge in [0.15, 0.2) is 0 Å². The SMILES string of the molecule is COCCNC(=O)C1CC2CCCC(C1)C2N. The van der Waals surface area contributed by atoms with Gasteiger partial charge in [-0.3, -0.25) is 4.79 Å². The van der Waals surface area contributed by atoms with Crippen LogP contribution in [0.15, 0.2) is 0 Å². The third-order valence-corrected chi connectivity index (χ3v) is 4.39. The van der Waals surface area contributed by atoms with Gasteiger partial charge in [-0.1, -0.05) is 6.42 Å². The highest BCUT2D eigenvalue weighted by Gasteiger charge is 2.40. The van der Waals surface area contributed by atoms with Crippen molar-refractivity contribution in [3.63, 3.8) is 0 Å². The van der Waals surface area contributed by atoms with Crippen LogP contribution < -0.4 is 11.1 Å². The van der Waals surface area contributed by atoms with E-state index in [0.717, 1.165) is 12.8 Å². The second-order valence-electron chi connectivity index (χ2n) is 5.48. The Morgan fingerprint density at radius 3 is 2.59 bits per heavy atom. The van der Waals surface area contributed by atoms with Crippen LogP contribution in [0, 0.1) is 17.8 Å².